The fraction of sp³-hybridized carbons (Fsp3) is 0.933. The fourth-order valence-electron chi connectivity index (χ4n) is 4.02. The average Bonchev–Trinajstić information content (AvgIpc) is 2.62. The van der Waals surface area contributed by atoms with Crippen LogP contribution in [-0.2, 0) is 4.79 Å². The highest BCUT2D eigenvalue weighted by Crippen LogP contribution is 2.56. The van der Waals surface area contributed by atoms with Crippen molar-refractivity contribution >= 4 is 5.91 Å². The summed E-state index contributed by atoms with van der Waals surface area (Å²) in [7, 11) is 0. The first kappa shape index (κ1) is 12.9. The molecule has 0 aromatic rings. The molecule has 2 atom stereocenters. The van der Waals surface area contributed by atoms with E-state index in [1.807, 2.05) is 0 Å². The summed E-state index contributed by atoms with van der Waals surface area (Å²) in [6.45, 7) is 12.4. The van der Waals surface area contributed by atoms with E-state index in [1.54, 1.807) is 0 Å². The molecule has 0 aromatic carbocycles. The summed E-state index contributed by atoms with van der Waals surface area (Å²) in [5.41, 5.74) is 0.710. The number of nitrogens with zero attached hydrogens (tertiary/aromatic N) is 1. The largest absolute Gasteiger partial charge is 0.339 e. The van der Waals surface area contributed by atoms with Crippen LogP contribution in [0.2, 0.25) is 0 Å². The van der Waals surface area contributed by atoms with Crippen LogP contribution in [0.3, 0.4) is 0 Å². The Morgan fingerprint density at radius 3 is 2.47 bits per heavy atom. The number of hydrogen-bond acceptors (Lipinski definition) is 1. The fourth-order valence-corrected chi connectivity index (χ4v) is 4.02. The van der Waals surface area contributed by atoms with Gasteiger partial charge in [-0.15, -0.1) is 0 Å². The quantitative estimate of drug-likeness (QED) is 0.736. The lowest BCUT2D eigenvalue weighted by molar-refractivity contribution is -0.136. The number of fused-ring (bicyclic) bond motifs is 2. The van der Waals surface area contributed by atoms with Crippen molar-refractivity contribution in [1.29, 1.82) is 0 Å². The van der Waals surface area contributed by atoms with Gasteiger partial charge in [0.05, 0.1) is 0 Å². The molecular formula is C15H27NO. The maximum atomic E-state index is 12.3. The highest BCUT2D eigenvalue weighted by molar-refractivity contribution is 5.77. The van der Waals surface area contributed by atoms with Crippen molar-refractivity contribution in [3.8, 4) is 0 Å². The zero-order valence-electron chi connectivity index (χ0n) is 12.0. The van der Waals surface area contributed by atoms with Gasteiger partial charge in [-0.1, -0.05) is 34.6 Å². The van der Waals surface area contributed by atoms with E-state index in [4.69, 9.17) is 0 Å². The van der Waals surface area contributed by atoms with E-state index < -0.39 is 0 Å². The minimum atomic E-state index is 0.320. The summed E-state index contributed by atoms with van der Waals surface area (Å²) in [5.74, 6) is 1.02. The summed E-state index contributed by atoms with van der Waals surface area (Å²) in [6.07, 6.45) is 4.26. The Kier molecular flexibility index (Phi) is 3.04. The Hall–Kier alpha value is -0.530. The predicted molar refractivity (Wildman–Crippen MR) is 70.7 cm³/mol. The second kappa shape index (κ2) is 4.00. The molecule has 0 N–H and O–H groups in total. The van der Waals surface area contributed by atoms with Crippen LogP contribution in [0.25, 0.3) is 0 Å². The van der Waals surface area contributed by atoms with E-state index in [0.717, 1.165) is 19.4 Å². The number of amides is 1. The number of hydrogen-bond donors (Lipinski definition) is 0. The van der Waals surface area contributed by atoms with E-state index in [0.29, 0.717) is 28.7 Å². The molecule has 1 heterocycles. The van der Waals surface area contributed by atoms with Gasteiger partial charge in [0.1, 0.15) is 0 Å². The van der Waals surface area contributed by atoms with Gasteiger partial charge in [0.15, 0.2) is 0 Å². The van der Waals surface area contributed by atoms with E-state index in [-0.39, 0.29) is 0 Å². The van der Waals surface area contributed by atoms with Crippen molar-refractivity contribution in [3.05, 3.63) is 0 Å². The summed E-state index contributed by atoms with van der Waals surface area (Å²) in [5, 5.41) is 0. The van der Waals surface area contributed by atoms with E-state index in [1.165, 1.54) is 12.8 Å². The first-order valence-electron chi connectivity index (χ1n) is 7.03. The molecule has 0 aromatic heterocycles. The average molecular weight is 237 g/mol. The van der Waals surface area contributed by atoms with Gasteiger partial charge in [-0.25, -0.2) is 0 Å². The van der Waals surface area contributed by atoms with Gasteiger partial charge in [0.25, 0.3) is 0 Å². The van der Waals surface area contributed by atoms with Gasteiger partial charge >= 0.3 is 0 Å². The second-order valence-electron chi connectivity index (χ2n) is 7.65. The standard InChI is InChI=1S/C15H27NO/c1-11(2)6-7-13(17)16-10-15(5)8-12(16)14(3,4)9-15/h11-12H,6-10H2,1-5H3/t12-,15+/m0/s1. The summed E-state index contributed by atoms with van der Waals surface area (Å²) >= 11 is 0. The molecule has 1 saturated heterocycles. The lowest BCUT2D eigenvalue weighted by atomic mass is 9.79. The van der Waals surface area contributed by atoms with Gasteiger partial charge < -0.3 is 4.90 Å². The molecule has 1 aliphatic heterocycles. The smallest absolute Gasteiger partial charge is 0.222 e. The number of carbonyl (C=O) groups is 1. The monoisotopic (exact) mass is 237 g/mol. The third-order valence-electron chi connectivity index (χ3n) is 4.65. The van der Waals surface area contributed by atoms with Gasteiger partial charge in [-0.05, 0) is 36.0 Å². The Balaban J connectivity index is 2.02. The molecule has 17 heavy (non-hydrogen) atoms. The highest BCUT2D eigenvalue weighted by Gasteiger charge is 2.56. The Labute approximate surface area is 106 Å². The molecule has 2 rings (SSSR count). The minimum absolute atomic E-state index is 0.320. The van der Waals surface area contributed by atoms with Crippen molar-refractivity contribution in [2.75, 3.05) is 6.54 Å². The zero-order chi connectivity index (χ0) is 12.8. The van der Waals surface area contributed by atoms with E-state index >= 15 is 0 Å². The van der Waals surface area contributed by atoms with Crippen molar-refractivity contribution in [1.82, 2.24) is 4.90 Å². The number of piperidine rings is 1. The van der Waals surface area contributed by atoms with Gasteiger partial charge in [-0.3, -0.25) is 4.79 Å². The maximum Gasteiger partial charge on any atom is 0.222 e. The van der Waals surface area contributed by atoms with Crippen LogP contribution < -0.4 is 0 Å². The van der Waals surface area contributed by atoms with Crippen LogP contribution in [0.15, 0.2) is 0 Å². The topological polar surface area (TPSA) is 20.3 Å². The van der Waals surface area contributed by atoms with Crippen LogP contribution >= 0.6 is 0 Å². The third-order valence-corrected chi connectivity index (χ3v) is 4.65. The lowest BCUT2D eigenvalue weighted by Gasteiger charge is -2.41. The SMILES string of the molecule is CC(C)CCC(=O)N1C[C@]2(C)C[C@H]1C(C)(C)C2. The van der Waals surface area contributed by atoms with Crippen molar-refractivity contribution < 1.29 is 4.79 Å². The highest BCUT2D eigenvalue weighted by atomic mass is 16.2. The molecule has 1 amide bonds. The molecule has 2 fully saturated rings. The van der Waals surface area contributed by atoms with Crippen LogP contribution in [0, 0.1) is 16.7 Å². The van der Waals surface area contributed by atoms with Crippen LogP contribution in [0.1, 0.15) is 60.3 Å². The Morgan fingerprint density at radius 2 is 2.00 bits per heavy atom. The molecule has 2 bridgehead atoms. The molecular weight excluding hydrogens is 210 g/mol. The molecule has 1 aliphatic carbocycles. The van der Waals surface area contributed by atoms with Crippen molar-refractivity contribution in [2.45, 2.75) is 66.3 Å². The second-order valence-corrected chi connectivity index (χ2v) is 7.65. The molecule has 0 radical (unpaired) electrons. The molecule has 1 saturated carbocycles. The molecule has 98 valence electrons. The summed E-state index contributed by atoms with van der Waals surface area (Å²) < 4.78 is 0. The predicted octanol–water partition coefficient (Wildman–Crippen LogP) is 3.46. The normalized spacial score (nSPS) is 34.7. The van der Waals surface area contributed by atoms with Gasteiger partial charge in [0.2, 0.25) is 5.91 Å². The Morgan fingerprint density at radius 1 is 1.35 bits per heavy atom. The Bertz CT molecular complexity index is 318. The van der Waals surface area contributed by atoms with Crippen molar-refractivity contribution in [3.63, 3.8) is 0 Å². The first-order chi connectivity index (χ1) is 7.73. The minimum Gasteiger partial charge on any atom is -0.339 e. The number of carbonyl (C=O) groups excluding carboxylic acids is 1. The van der Waals surface area contributed by atoms with Gasteiger partial charge in [0, 0.05) is 19.0 Å². The molecule has 2 aliphatic rings. The molecule has 0 spiro atoms. The lowest BCUT2D eigenvalue weighted by Crippen LogP contribution is -2.47. The van der Waals surface area contributed by atoms with Crippen LogP contribution in [0.4, 0.5) is 0 Å². The number of likely N-dealkylation sites (tertiary alicyclic amines) is 1. The van der Waals surface area contributed by atoms with Gasteiger partial charge in [-0.2, -0.15) is 0 Å². The summed E-state index contributed by atoms with van der Waals surface area (Å²) in [4.78, 5) is 14.5. The zero-order valence-corrected chi connectivity index (χ0v) is 12.0. The first-order valence-corrected chi connectivity index (χ1v) is 7.03. The molecule has 2 heteroatoms. The van der Waals surface area contributed by atoms with Crippen LogP contribution in [0.5, 0.6) is 0 Å². The van der Waals surface area contributed by atoms with E-state index in [9.17, 15) is 4.79 Å². The van der Waals surface area contributed by atoms with E-state index in [2.05, 4.69) is 39.5 Å². The maximum absolute atomic E-state index is 12.3. The van der Waals surface area contributed by atoms with Crippen LogP contribution in [-0.4, -0.2) is 23.4 Å². The third kappa shape index (κ3) is 2.36. The molecule has 2 nitrogen and oxygen atoms in total. The van der Waals surface area contributed by atoms with Crippen molar-refractivity contribution in [2.24, 2.45) is 16.7 Å². The number of rotatable bonds is 3. The summed E-state index contributed by atoms with van der Waals surface area (Å²) in [6, 6.07) is 0.493. The molecule has 0 unspecified atom stereocenters.